The Morgan fingerprint density at radius 1 is 1.30 bits per heavy atom. The number of nitrogens with zero attached hydrogens (tertiary/aromatic N) is 4. The van der Waals surface area contributed by atoms with Gasteiger partial charge in [-0.15, -0.1) is 5.10 Å². The van der Waals surface area contributed by atoms with Crippen LogP contribution in [0.25, 0.3) is 0 Å². The van der Waals surface area contributed by atoms with Gasteiger partial charge in [0, 0.05) is 11.5 Å². The van der Waals surface area contributed by atoms with Gasteiger partial charge in [0.2, 0.25) is 5.90 Å². The number of anilines is 1. The van der Waals surface area contributed by atoms with E-state index in [1.165, 1.54) is 11.8 Å². The molecule has 0 aliphatic carbocycles. The number of ether oxygens (including phenoxy) is 1. The van der Waals surface area contributed by atoms with E-state index in [-0.39, 0.29) is 0 Å². The third kappa shape index (κ3) is 2.38. The van der Waals surface area contributed by atoms with Crippen LogP contribution in [0.2, 0.25) is 0 Å². The van der Waals surface area contributed by atoms with E-state index in [0.29, 0.717) is 22.6 Å². The van der Waals surface area contributed by atoms with Gasteiger partial charge in [-0.3, -0.25) is 0 Å². The largest absolute Gasteiger partial charge is 0.431 e. The molecule has 0 fully saturated rings. The molecule has 0 unspecified atom stereocenters. The predicted octanol–water partition coefficient (Wildman–Crippen LogP) is 3.15. The van der Waals surface area contributed by atoms with Crippen LogP contribution in [0.4, 0.5) is 5.82 Å². The minimum absolute atomic E-state index is 0.521. The van der Waals surface area contributed by atoms with Gasteiger partial charge in [0.05, 0.1) is 11.8 Å². The van der Waals surface area contributed by atoms with E-state index in [1.54, 1.807) is 11.2 Å². The minimum atomic E-state index is 0.521. The third-order valence-corrected chi connectivity index (χ3v) is 4.01. The van der Waals surface area contributed by atoms with E-state index in [0.717, 1.165) is 10.0 Å². The van der Waals surface area contributed by atoms with Crippen molar-refractivity contribution in [1.82, 2.24) is 9.97 Å². The second-order valence-corrected chi connectivity index (χ2v) is 5.68. The Balaban J connectivity index is 2.02. The van der Waals surface area contributed by atoms with Gasteiger partial charge in [-0.2, -0.15) is 4.98 Å². The molecule has 0 amide bonds. The first kappa shape index (κ1) is 13.4. The van der Waals surface area contributed by atoms with E-state index in [4.69, 9.17) is 4.74 Å². The zero-order valence-corrected chi connectivity index (χ0v) is 13.3. The normalized spacial score (nSPS) is 13.6. The number of fused-ring (bicyclic) bond motifs is 1. The van der Waals surface area contributed by atoms with Crippen molar-refractivity contribution in [3.05, 3.63) is 40.5 Å². The fraction of sp³-hybridized carbons (Fsp3) is 0.154. The highest BCUT2D eigenvalue weighted by Crippen LogP contribution is 2.32. The molecule has 1 aromatic heterocycles. The molecule has 1 aliphatic rings. The number of thioether (sulfide) groups is 1. The van der Waals surface area contributed by atoms with E-state index >= 15 is 0 Å². The number of halogens is 1. The zero-order valence-electron chi connectivity index (χ0n) is 10.9. The summed E-state index contributed by atoms with van der Waals surface area (Å²) in [5.41, 5.74) is 0.888. The van der Waals surface area contributed by atoms with Crippen molar-refractivity contribution in [1.29, 1.82) is 0 Å². The van der Waals surface area contributed by atoms with Crippen molar-refractivity contribution >= 4 is 39.4 Å². The molecule has 0 bridgehead atoms. The molecule has 3 rings (SSSR count). The molecule has 20 heavy (non-hydrogen) atoms. The fourth-order valence-corrected chi connectivity index (χ4v) is 2.59. The quantitative estimate of drug-likeness (QED) is 0.615. The van der Waals surface area contributed by atoms with Crippen molar-refractivity contribution < 1.29 is 4.74 Å². The van der Waals surface area contributed by atoms with E-state index in [9.17, 15) is 0 Å². The minimum Gasteiger partial charge on any atom is -0.431 e. The monoisotopic (exact) mass is 350 g/mol. The molecule has 1 aliphatic heterocycles. The maximum atomic E-state index is 5.81. The molecule has 2 aromatic rings. The number of hydrazone groups is 1. The smallest absolute Gasteiger partial charge is 0.245 e. The number of hydrogen-bond donors (Lipinski definition) is 0. The third-order valence-electron chi connectivity index (χ3n) is 2.75. The summed E-state index contributed by atoms with van der Waals surface area (Å²) in [6.45, 7) is 0. The number of benzene rings is 1. The molecular formula is C13H11BrN4OS. The molecule has 0 radical (unpaired) electrons. The summed E-state index contributed by atoms with van der Waals surface area (Å²) < 4.78 is 6.74. The van der Waals surface area contributed by atoms with Crippen LogP contribution in [0.5, 0.6) is 5.75 Å². The number of aromatic nitrogens is 2. The van der Waals surface area contributed by atoms with Gasteiger partial charge in [-0.05, 0) is 34.3 Å². The highest BCUT2D eigenvalue weighted by molar-refractivity contribution is 9.10. The molecular weight excluding hydrogens is 340 g/mol. The lowest BCUT2D eigenvalue weighted by Gasteiger charge is -2.23. The van der Waals surface area contributed by atoms with Crippen LogP contribution in [-0.4, -0.2) is 29.2 Å². The van der Waals surface area contributed by atoms with Crippen LogP contribution < -0.4 is 9.75 Å². The average Bonchev–Trinajstić information content (AvgIpc) is 2.47. The van der Waals surface area contributed by atoms with Crippen LogP contribution in [0.3, 0.4) is 0 Å². The first-order valence-electron chi connectivity index (χ1n) is 5.85. The van der Waals surface area contributed by atoms with Crippen LogP contribution >= 0.6 is 27.7 Å². The van der Waals surface area contributed by atoms with Gasteiger partial charge in [0.25, 0.3) is 0 Å². The van der Waals surface area contributed by atoms with Gasteiger partial charge in [0.1, 0.15) is 0 Å². The molecule has 5 nitrogen and oxygen atoms in total. The van der Waals surface area contributed by atoms with Gasteiger partial charge in [-0.25, -0.2) is 9.99 Å². The molecule has 0 saturated heterocycles. The Morgan fingerprint density at radius 2 is 2.10 bits per heavy atom. The Labute approximate surface area is 129 Å². The van der Waals surface area contributed by atoms with Crippen molar-refractivity contribution in [3.63, 3.8) is 0 Å². The highest BCUT2D eigenvalue weighted by atomic mass is 79.9. The fourth-order valence-electron chi connectivity index (χ4n) is 1.80. The molecule has 0 N–H and O–H groups in total. The first-order valence-corrected chi connectivity index (χ1v) is 7.87. The molecule has 1 aromatic carbocycles. The lowest BCUT2D eigenvalue weighted by molar-refractivity contribution is 0.520. The maximum absolute atomic E-state index is 5.81. The molecule has 0 atom stereocenters. The molecule has 102 valence electrons. The standard InChI is InChI=1S/C13H11BrN4OS/c1-18-11-10(7-15-13(16-11)20-2)19-12(17-18)8-5-3-4-6-9(8)14/h3-7H,1-2H3. The second kappa shape index (κ2) is 5.41. The topological polar surface area (TPSA) is 50.6 Å². The predicted molar refractivity (Wildman–Crippen MR) is 83.5 cm³/mol. The Hall–Kier alpha value is -1.60. The lowest BCUT2D eigenvalue weighted by atomic mass is 10.2. The van der Waals surface area contributed by atoms with Crippen LogP contribution in [0.1, 0.15) is 5.56 Å². The van der Waals surface area contributed by atoms with Crippen molar-refractivity contribution in [2.45, 2.75) is 5.16 Å². The van der Waals surface area contributed by atoms with Crippen LogP contribution in [0, 0.1) is 0 Å². The summed E-state index contributed by atoms with van der Waals surface area (Å²) in [5.74, 6) is 1.79. The summed E-state index contributed by atoms with van der Waals surface area (Å²) in [6, 6.07) is 7.78. The maximum Gasteiger partial charge on any atom is 0.245 e. The van der Waals surface area contributed by atoms with E-state index in [2.05, 4.69) is 31.0 Å². The summed E-state index contributed by atoms with van der Waals surface area (Å²) in [4.78, 5) is 8.63. The molecule has 2 heterocycles. The number of rotatable bonds is 2. The Morgan fingerprint density at radius 3 is 2.85 bits per heavy atom. The van der Waals surface area contributed by atoms with Crippen LogP contribution in [-0.2, 0) is 0 Å². The van der Waals surface area contributed by atoms with Crippen molar-refractivity contribution in [2.75, 3.05) is 18.3 Å². The van der Waals surface area contributed by atoms with E-state index < -0.39 is 0 Å². The second-order valence-electron chi connectivity index (χ2n) is 4.06. The van der Waals surface area contributed by atoms with Gasteiger partial charge >= 0.3 is 0 Å². The lowest BCUT2D eigenvalue weighted by Crippen LogP contribution is -2.25. The Bertz CT molecular complexity index is 692. The molecule has 7 heteroatoms. The summed E-state index contributed by atoms with van der Waals surface area (Å²) in [7, 11) is 1.84. The van der Waals surface area contributed by atoms with Gasteiger partial charge < -0.3 is 4.74 Å². The first-order chi connectivity index (χ1) is 9.69. The summed E-state index contributed by atoms with van der Waals surface area (Å²) in [5, 5.41) is 6.82. The zero-order chi connectivity index (χ0) is 14.1. The van der Waals surface area contributed by atoms with E-state index in [1.807, 2.05) is 37.6 Å². The summed E-state index contributed by atoms with van der Waals surface area (Å²) >= 11 is 4.98. The molecule has 0 saturated carbocycles. The molecule has 0 spiro atoms. The Kier molecular flexibility index (Phi) is 3.62. The van der Waals surface area contributed by atoms with Crippen molar-refractivity contribution in [3.8, 4) is 5.75 Å². The summed E-state index contributed by atoms with van der Waals surface area (Å²) in [6.07, 6.45) is 3.61. The van der Waals surface area contributed by atoms with Crippen molar-refractivity contribution in [2.24, 2.45) is 5.10 Å². The highest BCUT2D eigenvalue weighted by Gasteiger charge is 2.23. The van der Waals surface area contributed by atoms with Gasteiger partial charge in [-0.1, -0.05) is 23.9 Å². The SMILES string of the molecule is CSc1ncc2c(n1)N(C)N=C(c1ccccc1Br)O2. The number of hydrogen-bond acceptors (Lipinski definition) is 6. The average molecular weight is 351 g/mol. The van der Waals surface area contributed by atoms with Crippen LogP contribution in [0.15, 0.2) is 45.2 Å². The van der Waals surface area contributed by atoms with Gasteiger partial charge in [0.15, 0.2) is 16.7 Å².